The molecule has 1 aliphatic rings. The van der Waals surface area contributed by atoms with E-state index in [1.807, 2.05) is 6.20 Å². The van der Waals surface area contributed by atoms with Gasteiger partial charge in [0.2, 0.25) is 0 Å². The van der Waals surface area contributed by atoms with E-state index in [1.54, 1.807) is 0 Å². The molecule has 0 aliphatic carbocycles. The minimum Gasteiger partial charge on any atom is -0.457 e. The topological polar surface area (TPSA) is 38.5 Å². The van der Waals surface area contributed by atoms with Gasteiger partial charge in [0.25, 0.3) is 0 Å². The third-order valence-corrected chi connectivity index (χ3v) is 13.8. The molecule has 336 valence electrons. The first-order valence-electron chi connectivity index (χ1n) is 23.9. The second-order valence-corrected chi connectivity index (χ2v) is 19.5. The van der Waals surface area contributed by atoms with Gasteiger partial charge in [-0.1, -0.05) is 154 Å². The zero-order valence-electron chi connectivity index (χ0n) is 39.9. The number of para-hydroxylation sites is 2. The summed E-state index contributed by atoms with van der Waals surface area (Å²) in [6.07, 6.45) is 1.95. The minimum absolute atomic E-state index is 0.0778. The van der Waals surface area contributed by atoms with E-state index in [0.29, 0.717) is 6.67 Å². The van der Waals surface area contributed by atoms with E-state index in [1.165, 1.54) is 50.0 Å². The maximum Gasteiger partial charge on any atom is 0.137 e. The van der Waals surface area contributed by atoms with Crippen LogP contribution in [0.15, 0.2) is 200 Å². The molecule has 11 aromatic rings. The quantitative estimate of drug-likeness (QED) is 0.152. The Bertz CT molecular complexity index is 3780. The fraction of sp³-hybridized carbons (Fsp3) is 0.127. The number of aromatic nitrogens is 3. The average Bonchev–Trinajstić information content (AvgIpc) is 4.03. The molecule has 0 N–H and O–H groups in total. The zero-order chi connectivity index (χ0) is 47.0. The zero-order valence-corrected chi connectivity index (χ0v) is 39.9. The van der Waals surface area contributed by atoms with Crippen LogP contribution in [-0.2, 0) is 5.41 Å². The van der Waals surface area contributed by atoms with Crippen molar-refractivity contribution in [2.45, 2.75) is 47.0 Å². The van der Waals surface area contributed by atoms with E-state index < -0.39 is 0 Å². The van der Waals surface area contributed by atoms with Crippen molar-refractivity contribution in [1.29, 1.82) is 0 Å². The number of pyridine rings is 1. The minimum atomic E-state index is -0.0778. The van der Waals surface area contributed by atoms with Crippen LogP contribution in [0, 0.1) is 20.8 Å². The lowest BCUT2D eigenvalue weighted by molar-refractivity contribution is 0.483. The molecule has 0 bridgehead atoms. The fourth-order valence-corrected chi connectivity index (χ4v) is 10.8. The summed E-state index contributed by atoms with van der Waals surface area (Å²) < 4.78 is 11.8. The van der Waals surface area contributed by atoms with E-state index in [0.717, 1.165) is 72.8 Å². The first-order chi connectivity index (χ1) is 33.6. The summed E-state index contributed by atoms with van der Waals surface area (Å²) in [6.45, 7) is 14.0. The van der Waals surface area contributed by atoms with Crippen LogP contribution in [0.2, 0.25) is 0 Å². The lowest BCUT2D eigenvalue weighted by atomic mass is 9.88. The summed E-state index contributed by atoms with van der Waals surface area (Å²) in [5.41, 5.74) is 17.4. The number of fused-ring (bicyclic) bond motifs is 7. The van der Waals surface area contributed by atoms with Crippen LogP contribution in [0.3, 0.4) is 0 Å². The smallest absolute Gasteiger partial charge is 0.137 e. The Kier molecular flexibility index (Phi) is 10.0. The molecular weight excluding hydrogens is 843 g/mol. The molecule has 8 aromatic carbocycles. The van der Waals surface area contributed by atoms with E-state index in [9.17, 15) is 0 Å². The molecule has 0 unspecified atom stereocenters. The second kappa shape index (κ2) is 16.5. The van der Waals surface area contributed by atoms with Gasteiger partial charge in [-0.15, -0.1) is 0 Å². The second-order valence-electron chi connectivity index (χ2n) is 19.5. The first-order valence-corrected chi connectivity index (χ1v) is 23.9. The van der Waals surface area contributed by atoms with Crippen molar-refractivity contribution in [2.24, 2.45) is 0 Å². The number of benzene rings is 8. The molecule has 12 rings (SSSR count). The molecule has 1 aliphatic heterocycles. The van der Waals surface area contributed by atoms with Gasteiger partial charge in [-0.25, -0.2) is 4.98 Å². The monoisotopic (exact) mass is 895 g/mol. The molecule has 0 saturated carbocycles. The summed E-state index contributed by atoms with van der Waals surface area (Å²) in [5.74, 6) is 2.36. The van der Waals surface area contributed by atoms with Crippen LogP contribution in [0.5, 0.6) is 11.5 Å². The maximum atomic E-state index is 7.00. The van der Waals surface area contributed by atoms with Crippen molar-refractivity contribution in [3.8, 4) is 23.0 Å². The SMILES string of the molecule is Cc1cc(C)c(N2CN(c3cccc(Oc4ccc5c6ccc7c8ccccc8n(-c8ccccc8)c7c6n(-c6cc(C(C)(C)C)ccn6)c5c4)c3)C(c3ccccc3)=C2c2ccccc2)c(C)c1. The van der Waals surface area contributed by atoms with Crippen molar-refractivity contribution in [1.82, 2.24) is 14.1 Å². The van der Waals surface area contributed by atoms with Crippen molar-refractivity contribution >= 4 is 66.4 Å². The number of hydrogen-bond acceptors (Lipinski definition) is 4. The van der Waals surface area contributed by atoms with E-state index >= 15 is 0 Å². The molecule has 0 spiro atoms. The van der Waals surface area contributed by atoms with E-state index in [-0.39, 0.29) is 5.41 Å². The molecule has 0 radical (unpaired) electrons. The molecule has 0 saturated heterocycles. The van der Waals surface area contributed by atoms with Gasteiger partial charge >= 0.3 is 0 Å². The number of hydrogen-bond donors (Lipinski definition) is 0. The largest absolute Gasteiger partial charge is 0.457 e. The van der Waals surface area contributed by atoms with Crippen molar-refractivity contribution < 1.29 is 4.74 Å². The summed E-state index contributed by atoms with van der Waals surface area (Å²) in [6, 6.07) is 69.7. The molecule has 6 heteroatoms. The van der Waals surface area contributed by atoms with E-state index in [2.05, 4.69) is 255 Å². The Morgan fingerprint density at radius 1 is 0.464 bits per heavy atom. The highest BCUT2D eigenvalue weighted by molar-refractivity contribution is 6.24. The molecule has 69 heavy (non-hydrogen) atoms. The van der Waals surface area contributed by atoms with Crippen LogP contribution in [-0.4, -0.2) is 20.8 Å². The van der Waals surface area contributed by atoms with Gasteiger partial charge in [0.15, 0.2) is 0 Å². The third kappa shape index (κ3) is 7.14. The summed E-state index contributed by atoms with van der Waals surface area (Å²) in [7, 11) is 0. The van der Waals surface area contributed by atoms with Gasteiger partial charge in [-0.3, -0.25) is 4.57 Å². The Morgan fingerprint density at radius 3 is 1.71 bits per heavy atom. The molecule has 0 atom stereocenters. The highest BCUT2D eigenvalue weighted by atomic mass is 16.5. The lowest BCUT2D eigenvalue weighted by Crippen LogP contribution is -2.28. The lowest BCUT2D eigenvalue weighted by Gasteiger charge is -2.28. The Hall–Kier alpha value is -8.35. The summed E-state index contributed by atoms with van der Waals surface area (Å²) >= 11 is 0. The molecular formula is C63H53N5O. The molecule has 0 amide bonds. The van der Waals surface area contributed by atoms with Gasteiger partial charge < -0.3 is 19.1 Å². The Labute approximate surface area is 403 Å². The average molecular weight is 896 g/mol. The molecule has 6 nitrogen and oxygen atoms in total. The van der Waals surface area contributed by atoms with Gasteiger partial charge in [0, 0.05) is 68.1 Å². The number of aryl methyl sites for hydroxylation is 3. The Morgan fingerprint density at radius 2 is 1.03 bits per heavy atom. The third-order valence-electron chi connectivity index (χ3n) is 13.8. The predicted molar refractivity (Wildman–Crippen MR) is 288 cm³/mol. The van der Waals surface area contributed by atoms with Gasteiger partial charge in [-0.05, 0) is 97.5 Å². The number of rotatable bonds is 8. The van der Waals surface area contributed by atoms with Crippen molar-refractivity contribution in [2.75, 3.05) is 16.5 Å². The van der Waals surface area contributed by atoms with Crippen LogP contribution in [0.25, 0.3) is 66.5 Å². The van der Waals surface area contributed by atoms with Crippen LogP contribution >= 0.6 is 0 Å². The number of nitrogens with zero attached hydrogens (tertiary/aromatic N) is 5. The predicted octanol–water partition coefficient (Wildman–Crippen LogP) is 16.1. The van der Waals surface area contributed by atoms with Gasteiger partial charge in [0.05, 0.1) is 33.5 Å². The van der Waals surface area contributed by atoms with Crippen LogP contribution in [0.1, 0.15) is 54.2 Å². The Balaban J connectivity index is 1.03. The van der Waals surface area contributed by atoms with Gasteiger partial charge in [0.1, 0.15) is 24.0 Å². The van der Waals surface area contributed by atoms with Crippen molar-refractivity contribution in [3.63, 3.8) is 0 Å². The van der Waals surface area contributed by atoms with Gasteiger partial charge in [-0.2, -0.15) is 0 Å². The number of ether oxygens (including phenoxy) is 1. The standard InChI is InChI=1S/C63H53N5O/c1-41-35-42(2)58(43(3)36-41)66-40-65(59(44-19-10-7-11-20-44)60(66)45-21-12-8-13-22-45)48-25-18-26-49(38-48)69-50-29-30-52-54-32-31-53-51-27-16-17-28-55(51)67(47-23-14-9-15-24-47)61(53)62(54)68(56(52)39-50)57-37-46(33-34-64-57)63(4,5)6/h7-39H,40H2,1-6H3. The fourth-order valence-electron chi connectivity index (χ4n) is 10.8. The molecule has 4 heterocycles. The molecule has 0 fully saturated rings. The van der Waals surface area contributed by atoms with Crippen LogP contribution in [0.4, 0.5) is 11.4 Å². The van der Waals surface area contributed by atoms with Crippen molar-refractivity contribution in [3.05, 3.63) is 234 Å². The number of anilines is 2. The molecule has 3 aromatic heterocycles. The van der Waals surface area contributed by atoms with E-state index in [4.69, 9.17) is 9.72 Å². The summed E-state index contributed by atoms with van der Waals surface area (Å²) in [5, 5.41) is 4.69. The highest BCUT2D eigenvalue weighted by Gasteiger charge is 2.34. The summed E-state index contributed by atoms with van der Waals surface area (Å²) in [4.78, 5) is 10.1. The highest BCUT2D eigenvalue weighted by Crippen LogP contribution is 2.47. The van der Waals surface area contributed by atoms with Crippen LogP contribution < -0.4 is 14.5 Å². The normalized spacial score (nSPS) is 13.2. The maximum absolute atomic E-state index is 7.00. The first kappa shape index (κ1) is 42.0.